The average Bonchev–Trinajstić information content (AvgIpc) is 3.02. The summed E-state index contributed by atoms with van der Waals surface area (Å²) in [5.74, 6) is 0.525. The Hall–Kier alpha value is -2.33. The van der Waals surface area contributed by atoms with E-state index in [1.165, 1.54) is 27.8 Å². The summed E-state index contributed by atoms with van der Waals surface area (Å²) in [7, 11) is 0. The van der Waals surface area contributed by atoms with E-state index in [2.05, 4.69) is 87.3 Å². The topological polar surface area (TPSA) is 41.6 Å². The van der Waals surface area contributed by atoms with E-state index in [9.17, 15) is 4.79 Å². The van der Waals surface area contributed by atoms with E-state index in [-0.39, 0.29) is 29.1 Å². The lowest BCUT2D eigenvalue weighted by atomic mass is 9.85. The normalized spacial score (nSPS) is 27.8. The van der Waals surface area contributed by atoms with Gasteiger partial charge in [0.15, 0.2) is 0 Å². The van der Waals surface area contributed by atoms with Gasteiger partial charge in [0.1, 0.15) is 6.10 Å². The first-order valence-corrected chi connectivity index (χ1v) is 12.5. The fourth-order valence-corrected chi connectivity index (χ4v) is 6.00. The number of rotatable bonds is 3. The zero-order valence-electron chi connectivity index (χ0n) is 20.8. The summed E-state index contributed by atoms with van der Waals surface area (Å²) in [6.07, 6.45) is 3.02. The number of hydrogen-bond acceptors (Lipinski definition) is 3. The highest BCUT2D eigenvalue weighted by Crippen LogP contribution is 2.46. The van der Waals surface area contributed by atoms with Crippen LogP contribution in [0.15, 0.2) is 42.5 Å². The molecule has 0 radical (unpaired) electrons. The van der Waals surface area contributed by atoms with Gasteiger partial charge in [0.25, 0.3) is 0 Å². The fraction of sp³-hybridized carbons (Fsp3) is 0.552. The minimum absolute atomic E-state index is 0.0293. The molecule has 3 saturated heterocycles. The van der Waals surface area contributed by atoms with Gasteiger partial charge in [-0.25, -0.2) is 4.79 Å². The fourth-order valence-electron chi connectivity index (χ4n) is 6.00. The summed E-state index contributed by atoms with van der Waals surface area (Å²) in [6.45, 7) is 14.4. The molecule has 3 heterocycles. The van der Waals surface area contributed by atoms with Gasteiger partial charge in [-0.2, -0.15) is 0 Å². The maximum Gasteiger partial charge on any atom is 0.407 e. The van der Waals surface area contributed by atoms with Crippen LogP contribution in [0.3, 0.4) is 0 Å². The van der Waals surface area contributed by atoms with Gasteiger partial charge in [-0.3, -0.25) is 4.90 Å². The Balaban J connectivity index is 1.31. The lowest BCUT2D eigenvalue weighted by Gasteiger charge is -2.44. The van der Waals surface area contributed by atoms with Gasteiger partial charge in [0.2, 0.25) is 0 Å². The van der Waals surface area contributed by atoms with E-state index >= 15 is 0 Å². The number of amides is 1. The molecule has 1 N–H and O–H groups in total. The second kappa shape index (κ2) is 8.16. The van der Waals surface area contributed by atoms with Crippen molar-refractivity contribution in [1.82, 2.24) is 10.2 Å². The highest BCUT2D eigenvalue weighted by molar-refractivity contribution is 5.70. The van der Waals surface area contributed by atoms with Crippen LogP contribution in [0.5, 0.6) is 0 Å². The van der Waals surface area contributed by atoms with E-state index in [1.54, 1.807) is 0 Å². The van der Waals surface area contributed by atoms with Crippen molar-refractivity contribution in [2.45, 2.75) is 71.4 Å². The number of fused-ring (bicyclic) bond motifs is 4. The molecule has 0 saturated carbocycles. The zero-order valence-corrected chi connectivity index (χ0v) is 20.8. The second-order valence-corrected chi connectivity index (χ2v) is 12.1. The summed E-state index contributed by atoms with van der Waals surface area (Å²) in [6, 6.07) is 15.6. The molecule has 3 fully saturated rings. The van der Waals surface area contributed by atoms with Crippen LogP contribution in [0.1, 0.15) is 70.2 Å². The Labute approximate surface area is 198 Å². The van der Waals surface area contributed by atoms with Gasteiger partial charge in [0.05, 0.1) is 6.04 Å². The van der Waals surface area contributed by atoms with Crippen LogP contribution in [0.25, 0.3) is 11.1 Å². The molecule has 4 aliphatic rings. The molecule has 2 aromatic carbocycles. The highest BCUT2D eigenvalue weighted by atomic mass is 16.6. The van der Waals surface area contributed by atoms with E-state index in [1.807, 2.05) is 0 Å². The molecule has 2 aromatic rings. The van der Waals surface area contributed by atoms with Crippen molar-refractivity contribution in [3.8, 4) is 11.1 Å². The molecule has 2 atom stereocenters. The van der Waals surface area contributed by atoms with Crippen molar-refractivity contribution < 1.29 is 9.53 Å². The molecule has 0 aromatic heterocycles. The van der Waals surface area contributed by atoms with E-state index < -0.39 is 0 Å². The molecular formula is C29H38N2O2. The van der Waals surface area contributed by atoms with Gasteiger partial charge < -0.3 is 10.1 Å². The number of carbonyl (C=O) groups is 1. The lowest BCUT2D eigenvalue weighted by molar-refractivity contribution is -0.0348. The third kappa shape index (κ3) is 4.42. The van der Waals surface area contributed by atoms with Crippen LogP contribution in [0.4, 0.5) is 4.79 Å². The Bertz CT molecular complexity index is 1030. The van der Waals surface area contributed by atoms with Gasteiger partial charge in [-0.05, 0) is 76.9 Å². The SMILES string of the molecule is CC(C)(C)c1ccc(-c2ccc3c(c2)CC(C)(C)[C@H]3NC(=O)O[C@H]2CN3CCC2CC3)cc1. The molecular weight excluding hydrogens is 408 g/mol. The minimum atomic E-state index is -0.262. The lowest BCUT2D eigenvalue weighted by Crippen LogP contribution is -2.53. The Morgan fingerprint density at radius 3 is 2.30 bits per heavy atom. The Morgan fingerprint density at radius 1 is 1.03 bits per heavy atom. The van der Waals surface area contributed by atoms with Crippen LogP contribution in [-0.2, 0) is 16.6 Å². The molecule has 2 bridgehead atoms. The summed E-state index contributed by atoms with van der Waals surface area (Å²) in [4.78, 5) is 15.3. The average molecular weight is 447 g/mol. The first-order valence-electron chi connectivity index (χ1n) is 12.5. The number of benzene rings is 2. The smallest absolute Gasteiger partial charge is 0.407 e. The number of carbonyl (C=O) groups excluding carboxylic acids is 1. The molecule has 4 heteroatoms. The van der Waals surface area contributed by atoms with Gasteiger partial charge in [0, 0.05) is 6.54 Å². The molecule has 1 aliphatic carbocycles. The molecule has 6 rings (SSSR count). The third-order valence-electron chi connectivity index (χ3n) is 8.08. The van der Waals surface area contributed by atoms with Crippen LogP contribution in [-0.4, -0.2) is 36.7 Å². The van der Waals surface area contributed by atoms with Crippen LogP contribution < -0.4 is 5.32 Å². The van der Waals surface area contributed by atoms with Crippen molar-refractivity contribution in [1.29, 1.82) is 0 Å². The summed E-state index contributed by atoms with van der Waals surface area (Å²) in [5.41, 5.74) is 6.47. The second-order valence-electron chi connectivity index (χ2n) is 12.1. The molecule has 0 spiro atoms. The van der Waals surface area contributed by atoms with Crippen molar-refractivity contribution in [2.75, 3.05) is 19.6 Å². The maximum absolute atomic E-state index is 12.9. The highest BCUT2D eigenvalue weighted by Gasteiger charge is 2.42. The quantitative estimate of drug-likeness (QED) is 0.620. The maximum atomic E-state index is 12.9. The molecule has 0 unspecified atom stereocenters. The van der Waals surface area contributed by atoms with Crippen molar-refractivity contribution in [2.24, 2.45) is 11.3 Å². The predicted octanol–water partition coefficient (Wildman–Crippen LogP) is 6.09. The number of nitrogens with zero attached hydrogens (tertiary/aromatic N) is 1. The minimum Gasteiger partial charge on any atom is -0.445 e. The first kappa shape index (κ1) is 22.5. The molecule has 4 nitrogen and oxygen atoms in total. The number of piperidine rings is 3. The number of alkyl carbamates (subject to hydrolysis) is 1. The van der Waals surface area contributed by atoms with E-state index in [0.29, 0.717) is 5.92 Å². The largest absolute Gasteiger partial charge is 0.445 e. The number of hydrogen-bond donors (Lipinski definition) is 1. The predicted molar refractivity (Wildman–Crippen MR) is 133 cm³/mol. The third-order valence-corrected chi connectivity index (χ3v) is 8.08. The molecule has 3 aliphatic heterocycles. The van der Waals surface area contributed by atoms with Crippen molar-refractivity contribution in [3.05, 3.63) is 59.2 Å². The summed E-state index contributed by atoms with van der Waals surface area (Å²) < 4.78 is 5.94. The summed E-state index contributed by atoms with van der Waals surface area (Å²) in [5, 5.41) is 3.24. The number of ether oxygens (including phenoxy) is 1. The van der Waals surface area contributed by atoms with Crippen LogP contribution in [0.2, 0.25) is 0 Å². The summed E-state index contributed by atoms with van der Waals surface area (Å²) >= 11 is 0. The zero-order chi connectivity index (χ0) is 23.4. The standard InChI is InChI=1S/C29H38N2O2/c1-28(2,3)23-9-6-19(7-10-23)21-8-11-24-22(16-21)17-29(4,5)26(24)30-27(32)33-25-18-31-14-12-20(25)13-15-31/h6-11,16,20,25-26H,12-15,17-18H2,1-5H3,(H,30,32)/t25-,26-/m0/s1. The van der Waals surface area contributed by atoms with E-state index in [4.69, 9.17) is 4.74 Å². The Morgan fingerprint density at radius 2 is 1.70 bits per heavy atom. The molecule has 176 valence electrons. The Kier molecular flexibility index (Phi) is 5.55. The molecule has 1 amide bonds. The van der Waals surface area contributed by atoms with Crippen LogP contribution in [0, 0.1) is 11.3 Å². The van der Waals surface area contributed by atoms with Gasteiger partial charge >= 0.3 is 6.09 Å². The van der Waals surface area contributed by atoms with Crippen LogP contribution >= 0.6 is 0 Å². The number of nitrogens with one attached hydrogen (secondary N) is 1. The van der Waals surface area contributed by atoms with Crippen molar-refractivity contribution in [3.63, 3.8) is 0 Å². The monoisotopic (exact) mass is 446 g/mol. The first-order chi connectivity index (χ1) is 15.6. The van der Waals surface area contributed by atoms with Crippen molar-refractivity contribution >= 4 is 6.09 Å². The van der Waals surface area contributed by atoms with E-state index in [0.717, 1.165) is 38.9 Å². The molecule has 33 heavy (non-hydrogen) atoms. The van der Waals surface area contributed by atoms with Gasteiger partial charge in [-0.15, -0.1) is 0 Å². The van der Waals surface area contributed by atoms with Gasteiger partial charge in [-0.1, -0.05) is 77.1 Å².